The molecule has 0 atom stereocenters. The number of nitrogens with one attached hydrogen (secondary N) is 1. The Morgan fingerprint density at radius 1 is 1.09 bits per heavy atom. The Bertz CT molecular complexity index is 1330. The van der Waals surface area contributed by atoms with Crippen molar-refractivity contribution < 1.29 is 13.6 Å². The number of aryl methyl sites for hydroxylation is 1. The number of rotatable bonds is 4. The van der Waals surface area contributed by atoms with E-state index in [1.165, 1.54) is 6.07 Å². The van der Waals surface area contributed by atoms with E-state index in [4.69, 9.17) is 16.0 Å². The molecule has 1 fully saturated rings. The molecule has 0 spiro atoms. The largest absolute Gasteiger partial charge is 0.464 e. The first-order chi connectivity index (χ1) is 16.0. The third kappa shape index (κ3) is 4.24. The second kappa shape index (κ2) is 8.75. The summed E-state index contributed by atoms with van der Waals surface area (Å²) in [7, 11) is 0. The molecule has 0 radical (unpaired) electrons. The van der Waals surface area contributed by atoms with Crippen LogP contribution in [0.1, 0.15) is 16.1 Å². The van der Waals surface area contributed by atoms with Crippen LogP contribution in [0.2, 0.25) is 5.02 Å². The van der Waals surface area contributed by atoms with Gasteiger partial charge in [-0.2, -0.15) is 0 Å². The van der Waals surface area contributed by atoms with Crippen molar-refractivity contribution in [2.75, 3.05) is 36.4 Å². The predicted molar refractivity (Wildman–Crippen MR) is 128 cm³/mol. The van der Waals surface area contributed by atoms with Crippen molar-refractivity contribution in [1.29, 1.82) is 0 Å². The Morgan fingerprint density at radius 3 is 2.64 bits per heavy atom. The van der Waals surface area contributed by atoms with Gasteiger partial charge >= 0.3 is 0 Å². The minimum absolute atomic E-state index is 0.188. The molecule has 8 heteroatoms. The molecule has 0 bridgehead atoms. The van der Waals surface area contributed by atoms with E-state index in [0.29, 0.717) is 48.3 Å². The van der Waals surface area contributed by atoms with E-state index in [1.807, 2.05) is 42.2 Å². The molecule has 33 heavy (non-hydrogen) atoms. The molecule has 1 saturated heterocycles. The molecule has 6 nitrogen and oxygen atoms in total. The molecule has 0 unspecified atom stereocenters. The molecule has 168 valence electrons. The van der Waals surface area contributed by atoms with Gasteiger partial charge in [0.25, 0.3) is 5.91 Å². The number of carbonyl (C=O) groups excluding carboxylic acids is 1. The lowest BCUT2D eigenvalue weighted by Gasteiger charge is -2.36. The number of anilines is 3. The van der Waals surface area contributed by atoms with Gasteiger partial charge in [0, 0.05) is 43.0 Å². The van der Waals surface area contributed by atoms with Gasteiger partial charge in [-0.05, 0) is 42.8 Å². The van der Waals surface area contributed by atoms with Crippen molar-refractivity contribution in [2.24, 2.45) is 0 Å². The van der Waals surface area contributed by atoms with Crippen LogP contribution in [0, 0.1) is 12.7 Å². The average Bonchev–Trinajstić information content (AvgIpc) is 3.31. The number of amides is 1. The number of aromatic nitrogens is 1. The van der Waals surface area contributed by atoms with Crippen LogP contribution in [0.3, 0.4) is 0 Å². The maximum atomic E-state index is 14.1. The van der Waals surface area contributed by atoms with E-state index in [9.17, 15) is 9.18 Å². The van der Waals surface area contributed by atoms with Gasteiger partial charge in [-0.3, -0.25) is 4.79 Å². The van der Waals surface area contributed by atoms with Gasteiger partial charge in [0.1, 0.15) is 22.9 Å². The number of pyridine rings is 1. The van der Waals surface area contributed by atoms with Crippen molar-refractivity contribution in [3.63, 3.8) is 0 Å². The number of carbonyl (C=O) groups is 1. The quantitative estimate of drug-likeness (QED) is 0.424. The third-order valence-electron chi connectivity index (χ3n) is 5.86. The molecule has 2 aromatic heterocycles. The van der Waals surface area contributed by atoms with Crippen molar-refractivity contribution in [1.82, 2.24) is 9.88 Å². The Balaban J connectivity index is 1.37. The number of nitrogens with zero attached hydrogens (tertiary/aromatic N) is 3. The number of furan rings is 1. The van der Waals surface area contributed by atoms with Crippen LogP contribution in [-0.4, -0.2) is 42.0 Å². The van der Waals surface area contributed by atoms with Crippen LogP contribution in [0.5, 0.6) is 0 Å². The maximum absolute atomic E-state index is 14.1. The highest BCUT2D eigenvalue weighted by molar-refractivity contribution is 6.31. The first-order valence-electron chi connectivity index (χ1n) is 10.7. The van der Waals surface area contributed by atoms with Crippen molar-refractivity contribution >= 4 is 45.7 Å². The normalized spacial score (nSPS) is 14.0. The van der Waals surface area contributed by atoms with E-state index < -0.39 is 0 Å². The number of para-hydroxylation sites is 1. The summed E-state index contributed by atoms with van der Waals surface area (Å²) in [6, 6.07) is 15.8. The summed E-state index contributed by atoms with van der Waals surface area (Å²) in [4.78, 5) is 21.6. The lowest BCUT2D eigenvalue weighted by molar-refractivity contribution is 0.0741. The minimum atomic E-state index is -0.255. The molecular formula is C25H22ClFN4O2. The molecule has 1 amide bonds. The molecule has 3 heterocycles. The van der Waals surface area contributed by atoms with Crippen LogP contribution >= 0.6 is 11.6 Å². The standard InChI is InChI=1S/C25H22ClFN4O2/c1-16-6-7-17(14-19(16)26)28-24-18-8-13-33-23(18)15-21(29-24)25(32)31-11-9-30(10-12-31)22-5-3-2-4-20(22)27/h2-8,13-15H,9-12H2,1H3,(H,28,29). The topological polar surface area (TPSA) is 61.6 Å². The van der Waals surface area contributed by atoms with E-state index in [0.717, 1.165) is 16.6 Å². The zero-order valence-electron chi connectivity index (χ0n) is 18.0. The van der Waals surface area contributed by atoms with Gasteiger partial charge in [-0.1, -0.05) is 29.8 Å². The molecule has 4 aromatic rings. The Kier molecular flexibility index (Phi) is 5.64. The molecule has 1 aliphatic rings. The second-order valence-electron chi connectivity index (χ2n) is 8.01. The van der Waals surface area contributed by atoms with Gasteiger partial charge < -0.3 is 19.5 Å². The highest BCUT2D eigenvalue weighted by atomic mass is 35.5. The van der Waals surface area contributed by atoms with Crippen LogP contribution in [0.25, 0.3) is 11.0 Å². The number of fused-ring (bicyclic) bond motifs is 1. The molecule has 0 aliphatic carbocycles. The summed E-state index contributed by atoms with van der Waals surface area (Å²) in [6.07, 6.45) is 1.57. The van der Waals surface area contributed by atoms with Gasteiger partial charge in [0.15, 0.2) is 0 Å². The van der Waals surface area contributed by atoms with Crippen LogP contribution in [0.15, 0.2) is 65.3 Å². The van der Waals surface area contributed by atoms with Crippen LogP contribution in [-0.2, 0) is 0 Å². The van der Waals surface area contributed by atoms with Gasteiger partial charge in [-0.25, -0.2) is 9.37 Å². The van der Waals surface area contributed by atoms with Gasteiger partial charge in [-0.15, -0.1) is 0 Å². The first kappa shape index (κ1) is 21.3. The summed E-state index contributed by atoms with van der Waals surface area (Å²) in [5.74, 6) is 0.0788. The summed E-state index contributed by atoms with van der Waals surface area (Å²) in [6.45, 7) is 3.97. The van der Waals surface area contributed by atoms with Crippen molar-refractivity contribution in [3.05, 3.63) is 83.0 Å². The molecule has 0 saturated carbocycles. The van der Waals surface area contributed by atoms with Crippen LogP contribution < -0.4 is 10.2 Å². The number of halogens is 2. The summed E-state index contributed by atoms with van der Waals surface area (Å²) < 4.78 is 19.7. The Labute approximate surface area is 195 Å². The second-order valence-corrected chi connectivity index (χ2v) is 8.42. The highest BCUT2D eigenvalue weighted by Gasteiger charge is 2.25. The van der Waals surface area contributed by atoms with E-state index >= 15 is 0 Å². The number of hydrogen-bond acceptors (Lipinski definition) is 5. The first-order valence-corrected chi connectivity index (χ1v) is 11.1. The number of hydrogen-bond donors (Lipinski definition) is 1. The van der Waals surface area contributed by atoms with E-state index in [2.05, 4.69) is 10.3 Å². The molecular weight excluding hydrogens is 443 g/mol. The number of benzene rings is 2. The monoisotopic (exact) mass is 464 g/mol. The average molecular weight is 465 g/mol. The zero-order valence-corrected chi connectivity index (χ0v) is 18.8. The molecule has 1 aliphatic heterocycles. The fourth-order valence-electron chi connectivity index (χ4n) is 4.00. The summed E-state index contributed by atoms with van der Waals surface area (Å²) >= 11 is 6.26. The lowest BCUT2D eigenvalue weighted by Crippen LogP contribution is -2.49. The van der Waals surface area contributed by atoms with Crippen molar-refractivity contribution in [2.45, 2.75) is 6.92 Å². The van der Waals surface area contributed by atoms with Gasteiger partial charge in [0.2, 0.25) is 0 Å². The lowest BCUT2D eigenvalue weighted by atomic mass is 10.2. The maximum Gasteiger partial charge on any atom is 0.272 e. The van der Waals surface area contributed by atoms with Crippen LogP contribution in [0.4, 0.5) is 21.6 Å². The highest BCUT2D eigenvalue weighted by Crippen LogP contribution is 2.29. The molecule has 2 aromatic carbocycles. The SMILES string of the molecule is Cc1ccc(Nc2nc(C(=O)N3CCN(c4ccccc4F)CC3)cc3occc23)cc1Cl. The Hall–Kier alpha value is -3.58. The number of piperazine rings is 1. The smallest absolute Gasteiger partial charge is 0.272 e. The minimum Gasteiger partial charge on any atom is -0.464 e. The summed E-state index contributed by atoms with van der Waals surface area (Å²) in [5, 5.41) is 4.67. The van der Waals surface area contributed by atoms with E-state index in [-0.39, 0.29) is 17.4 Å². The predicted octanol–water partition coefficient (Wildman–Crippen LogP) is 5.63. The van der Waals surface area contributed by atoms with Crippen molar-refractivity contribution in [3.8, 4) is 0 Å². The fraction of sp³-hybridized carbons (Fsp3) is 0.200. The molecule has 5 rings (SSSR count). The Morgan fingerprint density at radius 2 is 1.88 bits per heavy atom. The zero-order chi connectivity index (χ0) is 22.9. The van der Waals surface area contributed by atoms with E-state index in [1.54, 1.807) is 29.4 Å². The summed E-state index contributed by atoms with van der Waals surface area (Å²) in [5.41, 5.74) is 3.16. The fourth-order valence-corrected chi connectivity index (χ4v) is 4.18. The van der Waals surface area contributed by atoms with Gasteiger partial charge in [0.05, 0.1) is 17.3 Å². The third-order valence-corrected chi connectivity index (χ3v) is 6.27. The molecule has 1 N–H and O–H groups in total.